The summed E-state index contributed by atoms with van der Waals surface area (Å²) in [7, 11) is 0. The third-order valence-corrected chi connectivity index (χ3v) is 3.77. The lowest BCUT2D eigenvalue weighted by Crippen LogP contribution is -2.52. The van der Waals surface area contributed by atoms with Crippen LogP contribution in [-0.2, 0) is 10.3 Å². The van der Waals surface area contributed by atoms with E-state index in [9.17, 15) is 9.59 Å². The van der Waals surface area contributed by atoms with Crippen molar-refractivity contribution in [2.24, 2.45) is 5.73 Å². The number of nitrogens with two attached hydrogens (primary N) is 1. The molecule has 3 N–H and O–H groups in total. The van der Waals surface area contributed by atoms with Gasteiger partial charge in [0.2, 0.25) is 5.91 Å². The molecule has 0 aromatic heterocycles. The van der Waals surface area contributed by atoms with Gasteiger partial charge in [0.1, 0.15) is 5.54 Å². The number of halogens is 1. The van der Waals surface area contributed by atoms with Crippen molar-refractivity contribution in [3.63, 3.8) is 0 Å². The Bertz CT molecular complexity index is 796. The second-order valence-corrected chi connectivity index (χ2v) is 5.58. The van der Waals surface area contributed by atoms with Crippen LogP contribution >= 0.6 is 11.6 Å². The van der Waals surface area contributed by atoms with E-state index in [2.05, 4.69) is 5.32 Å². The van der Waals surface area contributed by atoms with E-state index in [1.807, 2.05) is 6.07 Å². The van der Waals surface area contributed by atoms with Crippen molar-refractivity contribution >= 4 is 23.4 Å². The number of hydrogen-bond acceptors (Lipinski definition) is 3. The van der Waals surface area contributed by atoms with Crippen LogP contribution in [0.1, 0.15) is 28.4 Å². The molecular weight excluding hydrogens is 314 g/mol. The van der Waals surface area contributed by atoms with Crippen LogP contribution in [0.5, 0.6) is 0 Å². The zero-order valence-corrected chi connectivity index (χ0v) is 13.1. The molecule has 1 atom stereocenters. The molecule has 116 valence electrons. The number of nitrogens with one attached hydrogen (secondary N) is 1. The first-order valence-corrected chi connectivity index (χ1v) is 7.13. The Morgan fingerprint density at radius 3 is 2.39 bits per heavy atom. The number of carbonyl (C=O) groups excluding carboxylic acids is 2. The van der Waals surface area contributed by atoms with Crippen molar-refractivity contribution in [2.75, 3.05) is 0 Å². The summed E-state index contributed by atoms with van der Waals surface area (Å²) in [4.78, 5) is 24.3. The molecular formula is C17H14ClN3O2. The predicted molar refractivity (Wildman–Crippen MR) is 86.6 cm³/mol. The van der Waals surface area contributed by atoms with Gasteiger partial charge in [-0.15, -0.1) is 0 Å². The van der Waals surface area contributed by atoms with Gasteiger partial charge in [-0.05, 0) is 48.9 Å². The zero-order chi connectivity index (χ0) is 17.0. The average molecular weight is 328 g/mol. The van der Waals surface area contributed by atoms with Gasteiger partial charge in [-0.2, -0.15) is 5.26 Å². The van der Waals surface area contributed by atoms with Gasteiger partial charge in [-0.25, -0.2) is 0 Å². The van der Waals surface area contributed by atoms with Gasteiger partial charge in [-0.3, -0.25) is 9.59 Å². The summed E-state index contributed by atoms with van der Waals surface area (Å²) in [5.41, 5.74) is 5.32. The number of primary amides is 1. The smallest absolute Gasteiger partial charge is 0.252 e. The van der Waals surface area contributed by atoms with Crippen molar-refractivity contribution in [2.45, 2.75) is 12.5 Å². The highest BCUT2D eigenvalue weighted by Crippen LogP contribution is 2.24. The lowest BCUT2D eigenvalue weighted by Gasteiger charge is -2.28. The van der Waals surface area contributed by atoms with Gasteiger partial charge < -0.3 is 11.1 Å². The van der Waals surface area contributed by atoms with Crippen LogP contribution in [0.25, 0.3) is 0 Å². The third kappa shape index (κ3) is 3.50. The summed E-state index contributed by atoms with van der Waals surface area (Å²) in [6.45, 7) is 1.52. The Balaban J connectivity index is 2.33. The van der Waals surface area contributed by atoms with E-state index in [1.54, 1.807) is 24.3 Å². The molecule has 2 rings (SSSR count). The molecule has 0 fully saturated rings. The highest BCUT2D eigenvalue weighted by Gasteiger charge is 2.35. The average Bonchev–Trinajstić information content (AvgIpc) is 2.54. The Morgan fingerprint density at radius 2 is 1.87 bits per heavy atom. The molecule has 0 spiro atoms. The molecule has 0 unspecified atom stereocenters. The van der Waals surface area contributed by atoms with Gasteiger partial charge in [0.15, 0.2) is 0 Å². The first-order chi connectivity index (χ1) is 10.9. The first-order valence-electron chi connectivity index (χ1n) is 6.75. The number of amides is 2. The molecule has 0 heterocycles. The van der Waals surface area contributed by atoms with Gasteiger partial charge >= 0.3 is 0 Å². The molecule has 2 aromatic carbocycles. The summed E-state index contributed by atoms with van der Waals surface area (Å²) in [6.07, 6.45) is 0. The topological polar surface area (TPSA) is 96.0 Å². The second kappa shape index (κ2) is 6.51. The largest absolute Gasteiger partial charge is 0.367 e. The molecule has 0 saturated heterocycles. The number of carbonyl (C=O) groups is 2. The van der Waals surface area contributed by atoms with Crippen molar-refractivity contribution in [3.05, 3.63) is 70.2 Å². The summed E-state index contributed by atoms with van der Waals surface area (Å²) in [5, 5.41) is 11.8. The lowest BCUT2D eigenvalue weighted by atomic mass is 9.90. The molecule has 5 nitrogen and oxygen atoms in total. The zero-order valence-electron chi connectivity index (χ0n) is 12.3. The second-order valence-electron chi connectivity index (χ2n) is 5.14. The van der Waals surface area contributed by atoms with Crippen molar-refractivity contribution in [3.8, 4) is 6.07 Å². The van der Waals surface area contributed by atoms with Crippen molar-refractivity contribution < 1.29 is 9.59 Å². The molecule has 2 aromatic rings. The molecule has 0 bridgehead atoms. The molecule has 23 heavy (non-hydrogen) atoms. The van der Waals surface area contributed by atoms with Crippen molar-refractivity contribution in [1.82, 2.24) is 5.32 Å². The van der Waals surface area contributed by atoms with Gasteiger partial charge in [0, 0.05) is 10.6 Å². The quantitative estimate of drug-likeness (QED) is 0.902. The van der Waals surface area contributed by atoms with E-state index >= 15 is 0 Å². The van der Waals surface area contributed by atoms with E-state index in [0.29, 0.717) is 21.7 Å². The summed E-state index contributed by atoms with van der Waals surface area (Å²) in [6, 6.07) is 14.6. The number of nitriles is 1. The maximum atomic E-state index is 12.4. The van der Waals surface area contributed by atoms with E-state index in [0.717, 1.165) is 0 Å². The van der Waals surface area contributed by atoms with E-state index < -0.39 is 17.4 Å². The Labute approximate surface area is 138 Å². The number of nitrogens with zero attached hydrogens (tertiary/aromatic N) is 1. The highest BCUT2D eigenvalue weighted by atomic mass is 35.5. The third-order valence-electron chi connectivity index (χ3n) is 3.53. The first kappa shape index (κ1) is 16.5. The fraction of sp³-hybridized carbons (Fsp3) is 0.118. The molecule has 6 heteroatoms. The Morgan fingerprint density at radius 1 is 1.22 bits per heavy atom. The van der Waals surface area contributed by atoms with E-state index in [1.165, 1.54) is 31.2 Å². The van der Waals surface area contributed by atoms with Crippen molar-refractivity contribution in [1.29, 1.82) is 5.26 Å². The maximum absolute atomic E-state index is 12.4. The van der Waals surface area contributed by atoms with Crippen LogP contribution in [0.3, 0.4) is 0 Å². The fourth-order valence-electron chi connectivity index (χ4n) is 2.07. The monoisotopic (exact) mass is 327 g/mol. The van der Waals surface area contributed by atoms with Crippen LogP contribution in [0.4, 0.5) is 0 Å². The van der Waals surface area contributed by atoms with E-state index in [4.69, 9.17) is 22.6 Å². The van der Waals surface area contributed by atoms with E-state index in [-0.39, 0.29) is 0 Å². The lowest BCUT2D eigenvalue weighted by molar-refractivity contribution is -0.123. The van der Waals surface area contributed by atoms with Crippen LogP contribution in [0.15, 0.2) is 48.5 Å². The molecule has 2 amide bonds. The van der Waals surface area contributed by atoms with Crippen LogP contribution in [0.2, 0.25) is 5.02 Å². The van der Waals surface area contributed by atoms with Crippen LogP contribution in [-0.4, -0.2) is 11.8 Å². The maximum Gasteiger partial charge on any atom is 0.252 e. The standard InChI is InChI=1S/C17H14ClN3O2/c1-17(16(20)23,13-3-2-4-14(18)9-13)21-15(22)12-7-5-11(10-19)6-8-12/h2-9H,1H3,(H2,20,23)(H,21,22)/t17-/m1/s1. The van der Waals surface area contributed by atoms with Crippen LogP contribution in [0, 0.1) is 11.3 Å². The highest BCUT2D eigenvalue weighted by molar-refractivity contribution is 6.30. The number of rotatable bonds is 4. The fourth-order valence-corrected chi connectivity index (χ4v) is 2.26. The summed E-state index contributed by atoms with van der Waals surface area (Å²) in [5.74, 6) is -1.18. The van der Waals surface area contributed by atoms with Gasteiger partial charge in [-0.1, -0.05) is 23.7 Å². The molecule has 0 saturated carbocycles. The van der Waals surface area contributed by atoms with Gasteiger partial charge in [0.05, 0.1) is 11.6 Å². The predicted octanol–water partition coefficient (Wildman–Crippen LogP) is 2.34. The normalized spacial score (nSPS) is 12.7. The molecule has 0 aliphatic rings. The van der Waals surface area contributed by atoms with Gasteiger partial charge in [0.25, 0.3) is 5.91 Å². The number of hydrogen-bond donors (Lipinski definition) is 2. The number of benzene rings is 2. The summed E-state index contributed by atoms with van der Waals surface area (Å²) < 4.78 is 0. The molecule has 0 aliphatic heterocycles. The minimum Gasteiger partial charge on any atom is -0.367 e. The SMILES string of the molecule is C[C@](NC(=O)c1ccc(C#N)cc1)(C(N)=O)c1cccc(Cl)c1. The molecule has 0 aliphatic carbocycles. The Hall–Kier alpha value is -2.84. The summed E-state index contributed by atoms with van der Waals surface area (Å²) >= 11 is 5.95. The molecule has 0 radical (unpaired) electrons. The van der Waals surface area contributed by atoms with Crippen LogP contribution < -0.4 is 11.1 Å². The minimum atomic E-state index is -1.41. The minimum absolute atomic E-state index is 0.318. The Kier molecular flexibility index (Phi) is 4.68.